The maximum Gasteiger partial charge on any atom is 0.309 e. The van der Waals surface area contributed by atoms with Crippen LogP contribution in [-0.2, 0) is 19.1 Å². The highest BCUT2D eigenvalue weighted by molar-refractivity contribution is 5.77. The molecule has 1 aliphatic rings. The van der Waals surface area contributed by atoms with Gasteiger partial charge >= 0.3 is 11.9 Å². The van der Waals surface area contributed by atoms with Crippen LogP contribution in [-0.4, -0.2) is 25.2 Å². The lowest BCUT2D eigenvalue weighted by Crippen LogP contribution is -2.21. The standard InChI is InChI=1S/C13H22O4/c1-4-9-7-10(12(14)16-5-2)8-11(9)13(15)17-6-3/h9-11H,4-8H2,1-3H3. The molecule has 1 fully saturated rings. The van der Waals surface area contributed by atoms with Crippen LogP contribution in [0.25, 0.3) is 0 Å². The lowest BCUT2D eigenvalue weighted by atomic mass is 9.94. The Morgan fingerprint density at radius 3 is 2.12 bits per heavy atom. The van der Waals surface area contributed by atoms with Crippen molar-refractivity contribution in [3.05, 3.63) is 0 Å². The molecule has 1 saturated carbocycles. The van der Waals surface area contributed by atoms with Gasteiger partial charge in [0, 0.05) is 0 Å². The highest BCUT2D eigenvalue weighted by Crippen LogP contribution is 2.39. The first-order chi connectivity index (χ1) is 8.13. The molecule has 0 aromatic carbocycles. The molecule has 0 saturated heterocycles. The lowest BCUT2D eigenvalue weighted by Gasteiger charge is -2.15. The third-order valence-electron chi connectivity index (χ3n) is 3.43. The molecular weight excluding hydrogens is 220 g/mol. The first-order valence-corrected chi connectivity index (χ1v) is 6.47. The lowest BCUT2D eigenvalue weighted by molar-refractivity contribution is -0.150. The Morgan fingerprint density at radius 1 is 1.00 bits per heavy atom. The van der Waals surface area contributed by atoms with Crippen LogP contribution in [0.2, 0.25) is 0 Å². The minimum Gasteiger partial charge on any atom is -0.466 e. The highest BCUT2D eigenvalue weighted by Gasteiger charge is 2.42. The van der Waals surface area contributed by atoms with Crippen LogP contribution in [0.3, 0.4) is 0 Å². The third-order valence-corrected chi connectivity index (χ3v) is 3.43. The fourth-order valence-corrected chi connectivity index (χ4v) is 2.57. The largest absolute Gasteiger partial charge is 0.466 e. The van der Waals surface area contributed by atoms with E-state index in [1.54, 1.807) is 13.8 Å². The molecule has 1 aliphatic carbocycles. The molecule has 0 N–H and O–H groups in total. The average Bonchev–Trinajstić information content (AvgIpc) is 2.73. The molecule has 0 spiro atoms. The molecule has 0 bridgehead atoms. The number of hydrogen-bond acceptors (Lipinski definition) is 4. The first kappa shape index (κ1) is 14.0. The fraction of sp³-hybridized carbons (Fsp3) is 0.846. The van der Waals surface area contributed by atoms with Gasteiger partial charge in [0.2, 0.25) is 0 Å². The van der Waals surface area contributed by atoms with Crippen LogP contribution in [0.1, 0.15) is 40.0 Å². The highest BCUT2D eigenvalue weighted by atomic mass is 16.5. The molecule has 0 aromatic rings. The van der Waals surface area contributed by atoms with Gasteiger partial charge in [0.05, 0.1) is 25.0 Å². The van der Waals surface area contributed by atoms with Crippen LogP contribution in [0.4, 0.5) is 0 Å². The smallest absolute Gasteiger partial charge is 0.309 e. The summed E-state index contributed by atoms with van der Waals surface area (Å²) in [6, 6.07) is 0. The first-order valence-electron chi connectivity index (χ1n) is 6.47. The van der Waals surface area contributed by atoms with Crippen molar-refractivity contribution < 1.29 is 19.1 Å². The predicted molar refractivity (Wildman–Crippen MR) is 63.3 cm³/mol. The van der Waals surface area contributed by atoms with Crippen LogP contribution < -0.4 is 0 Å². The van der Waals surface area contributed by atoms with Gasteiger partial charge in [-0.3, -0.25) is 9.59 Å². The van der Waals surface area contributed by atoms with Crippen molar-refractivity contribution in [1.82, 2.24) is 0 Å². The monoisotopic (exact) mass is 242 g/mol. The average molecular weight is 242 g/mol. The zero-order valence-electron chi connectivity index (χ0n) is 10.9. The van der Waals surface area contributed by atoms with Crippen molar-refractivity contribution in [1.29, 1.82) is 0 Å². The molecule has 3 unspecified atom stereocenters. The summed E-state index contributed by atoms with van der Waals surface area (Å²) in [5.74, 6) is -0.337. The van der Waals surface area contributed by atoms with E-state index in [2.05, 4.69) is 0 Å². The number of carbonyl (C=O) groups is 2. The van der Waals surface area contributed by atoms with Crippen LogP contribution >= 0.6 is 0 Å². The Kier molecular flexibility index (Phi) is 5.45. The van der Waals surface area contributed by atoms with Crippen LogP contribution in [0.5, 0.6) is 0 Å². The van der Waals surface area contributed by atoms with E-state index >= 15 is 0 Å². The van der Waals surface area contributed by atoms with Crippen molar-refractivity contribution >= 4 is 11.9 Å². The zero-order valence-corrected chi connectivity index (χ0v) is 10.9. The molecule has 17 heavy (non-hydrogen) atoms. The van der Waals surface area contributed by atoms with Crippen molar-refractivity contribution in [2.75, 3.05) is 13.2 Å². The predicted octanol–water partition coefficient (Wildman–Crippen LogP) is 2.17. The van der Waals surface area contributed by atoms with Gasteiger partial charge in [0.25, 0.3) is 0 Å². The molecule has 98 valence electrons. The van der Waals surface area contributed by atoms with E-state index < -0.39 is 0 Å². The minimum absolute atomic E-state index is 0.130. The van der Waals surface area contributed by atoms with E-state index in [4.69, 9.17) is 9.47 Å². The Balaban J connectivity index is 2.61. The maximum absolute atomic E-state index is 11.8. The Morgan fingerprint density at radius 2 is 1.59 bits per heavy atom. The second-order valence-corrected chi connectivity index (χ2v) is 4.45. The van der Waals surface area contributed by atoms with E-state index in [1.165, 1.54) is 0 Å². The van der Waals surface area contributed by atoms with Gasteiger partial charge in [0.1, 0.15) is 0 Å². The summed E-state index contributed by atoms with van der Waals surface area (Å²) in [7, 11) is 0. The minimum atomic E-state index is -0.169. The molecule has 4 heteroatoms. The number of carbonyl (C=O) groups excluding carboxylic acids is 2. The number of ether oxygens (including phenoxy) is 2. The van der Waals surface area contributed by atoms with Gasteiger partial charge in [-0.1, -0.05) is 13.3 Å². The van der Waals surface area contributed by atoms with E-state index in [0.29, 0.717) is 19.6 Å². The van der Waals surface area contributed by atoms with Crippen molar-refractivity contribution in [2.24, 2.45) is 17.8 Å². The Labute approximate surface area is 103 Å². The van der Waals surface area contributed by atoms with Gasteiger partial charge in [0.15, 0.2) is 0 Å². The normalized spacial score (nSPS) is 27.8. The maximum atomic E-state index is 11.8. The molecule has 1 rings (SSSR count). The second-order valence-electron chi connectivity index (χ2n) is 4.45. The van der Waals surface area contributed by atoms with Crippen LogP contribution in [0, 0.1) is 17.8 Å². The molecule has 4 nitrogen and oxygen atoms in total. The van der Waals surface area contributed by atoms with Gasteiger partial charge in [-0.05, 0) is 32.6 Å². The second kappa shape index (κ2) is 6.62. The Hall–Kier alpha value is -1.06. The summed E-state index contributed by atoms with van der Waals surface area (Å²) in [6.45, 7) is 6.44. The summed E-state index contributed by atoms with van der Waals surface area (Å²) in [5.41, 5.74) is 0. The van der Waals surface area contributed by atoms with E-state index in [1.807, 2.05) is 6.92 Å². The summed E-state index contributed by atoms with van der Waals surface area (Å²) in [6.07, 6.45) is 2.23. The molecule has 3 atom stereocenters. The molecule has 0 aliphatic heterocycles. The zero-order chi connectivity index (χ0) is 12.8. The summed E-state index contributed by atoms with van der Waals surface area (Å²) in [4.78, 5) is 23.4. The summed E-state index contributed by atoms with van der Waals surface area (Å²) < 4.78 is 10.1. The topological polar surface area (TPSA) is 52.6 Å². The van der Waals surface area contributed by atoms with Crippen molar-refractivity contribution in [3.8, 4) is 0 Å². The fourth-order valence-electron chi connectivity index (χ4n) is 2.57. The number of hydrogen-bond donors (Lipinski definition) is 0. The molecule has 0 aromatic heterocycles. The summed E-state index contributed by atoms with van der Waals surface area (Å²) >= 11 is 0. The van der Waals surface area contributed by atoms with E-state index in [9.17, 15) is 9.59 Å². The quantitative estimate of drug-likeness (QED) is 0.693. The molecular formula is C13H22O4. The van der Waals surface area contributed by atoms with Gasteiger partial charge in [-0.15, -0.1) is 0 Å². The van der Waals surface area contributed by atoms with Gasteiger partial charge < -0.3 is 9.47 Å². The van der Waals surface area contributed by atoms with Crippen molar-refractivity contribution in [2.45, 2.75) is 40.0 Å². The van der Waals surface area contributed by atoms with E-state index in [-0.39, 0.29) is 29.7 Å². The summed E-state index contributed by atoms with van der Waals surface area (Å²) in [5, 5.41) is 0. The van der Waals surface area contributed by atoms with Gasteiger partial charge in [-0.25, -0.2) is 0 Å². The van der Waals surface area contributed by atoms with Crippen molar-refractivity contribution in [3.63, 3.8) is 0 Å². The molecule has 0 heterocycles. The molecule has 0 radical (unpaired) electrons. The molecule has 0 amide bonds. The van der Waals surface area contributed by atoms with E-state index in [0.717, 1.165) is 12.8 Å². The number of esters is 2. The third kappa shape index (κ3) is 3.45. The Bertz CT molecular complexity index is 275. The number of rotatable bonds is 5. The van der Waals surface area contributed by atoms with Gasteiger partial charge in [-0.2, -0.15) is 0 Å². The SMILES string of the molecule is CCOC(=O)C1CC(CC)C(C(=O)OCC)C1. The van der Waals surface area contributed by atoms with Crippen LogP contribution in [0.15, 0.2) is 0 Å².